The van der Waals surface area contributed by atoms with Crippen molar-refractivity contribution >= 4 is 11.9 Å². The molecule has 0 fully saturated rings. The zero-order valence-corrected chi connectivity index (χ0v) is 13.4. The van der Waals surface area contributed by atoms with Crippen LogP contribution in [0.15, 0.2) is 23.2 Å². The van der Waals surface area contributed by atoms with Crippen molar-refractivity contribution in [1.82, 2.24) is 5.32 Å². The number of guanidine groups is 1. The van der Waals surface area contributed by atoms with Gasteiger partial charge >= 0.3 is 5.97 Å². The number of hydrogen-bond acceptors (Lipinski definition) is 5. The zero-order valence-electron chi connectivity index (χ0n) is 13.4. The Hall–Kier alpha value is -2.28. The molecule has 3 N–H and O–H groups in total. The van der Waals surface area contributed by atoms with Crippen molar-refractivity contribution in [3.63, 3.8) is 0 Å². The Bertz CT molecular complexity index is 532. The Kier molecular flexibility index (Phi) is 7.18. The van der Waals surface area contributed by atoms with Crippen LogP contribution in [-0.2, 0) is 16.0 Å². The Morgan fingerprint density at radius 3 is 2.68 bits per heavy atom. The van der Waals surface area contributed by atoms with Crippen LogP contribution in [0.25, 0.3) is 0 Å². The summed E-state index contributed by atoms with van der Waals surface area (Å²) >= 11 is 0. The maximum absolute atomic E-state index is 11.7. The number of esters is 1. The first-order chi connectivity index (χ1) is 10.5. The van der Waals surface area contributed by atoms with Crippen molar-refractivity contribution in [2.75, 3.05) is 27.9 Å². The third kappa shape index (κ3) is 5.25. The first kappa shape index (κ1) is 17.8. The molecule has 0 aromatic heterocycles. The van der Waals surface area contributed by atoms with E-state index in [1.807, 2.05) is 13.0 Å². The SMILES string of the molecule is COCC(C)NC(N)=NCc1ccc(OC)c(C(=O)OC)c1. The molecule has 0 spiro atoms. The van der Waals surface area contributed by atoms with Gasteiger partial charge in [-0.25, -0.2) is 9.79 Å². The fourth-order valence-electron chi connectivity index (χ4n) is 1.89. The summed E-state index contributed by atoms with van der Waals surface area (Å²) in [4.78, 5) is 15.9. The van der Waals surface area contributed by atoms with Gasteiger partial charge in [-0.15, -0.1) is 0 Å². The lowest BCUT2D eigenvalue weighted by molar-refractivity contribution is 0.0597. The predicted octanol–water partition coefficient (Wildman–Crippen LogP) is 0.921. The summed E-state index contributed by atoms with van der Waals surface area (Å²) in [5.74, 6) is 0.321. The lowest BCUT2D eigenvalue weighted by Crippen LogP contribution is -2.40. The van der Waals surface area contributed by atoms with Crippen molar-refractivity contribution in [3.8, 4) is 5.75 Å². The van der Waals surface area contributed by atoms with Crippen LogP contribution in [0.3, 0.4) is 0 Å². The molecule has 1 unspecified atom stereocenters. The molecule has 1 aromatic carbocycles. The molecule has 0 saturated carbocycles. The summed E-state index contributed by atoms with van der Waals surface area (Å²) in [6, 6.07) is 5.27. The predicted molar refractivity (Wildman–Crippen MR) is 84.1 cm³/mol. The number of aliphatic imine (C=N–C) groups is 1. The van der Waals surface area contributed by atoms with Crippen molar-refractivity contribution < 1.29 is 19.0 Å². The van der Waals surface area contributed by atoms with Crippen molar-refractivity contribution in [2.45, 2.75) is 19.5 Å². The molecule has 22 heavy (non-hydrogen) atoms. The number of carbonyl (C=O) groups is 1. The zero-order chi connectivity index (χ0) is 16.5. The minimum atomic E-state index is -0.456. The van der Waals surface area contributed by atoms with Gasteiger partial charge in [-0.1, -0.05) is 6.07 Å². The lowest BCUT2D eigenvalue weighted by Gasteiger charge is -2.13. The molecule has 0 saturated heterocycles. The van der Waals surface area contributed by atoms with Gasteiger partial charge in [0.2, 0.25) is 0 Å². The number of nitrogens with one attached hydrogen (secondary N) is 1. The maximum atomic E-state index is 11.7. The molecule has 122 valence electrons. The lowest BCUT2D eigenvalue weighted by atomic mass is 10.1. The van der Waals surface area contributed by atoms with Crippen molar-refractivity contribution in [1.29, 1.82) is 0 Å². The third-order valence-corrected chi connectivity index (χ3v) is 2.91. The molecule has 0 aliphatic rings. The van der Waals surface area contributed by atoms with E-state index in [0.717, 1.165) is 5.56 Å². The van der Waals surface area contributed by atoms with Gasteiger partial charge in [0.25, 0.3) is 0 Å². The highest BCUT2D eigenvalue weighted by Crippen LogP contribution is 2.21. The molecule has 1 atom stereocenters. The van der Waals surface area contributed by atoms with Gasteiger partial charge in [0.15, 0.2) is 5.96 Å². The Morgan fingerprint density at radius 1 is 1.36 bits per heavy atom. The largest absolute Gasteiger partial charge is 0.496 e. The third-order valence-electron chi connectivity index (χ3n) is 2.91. The first-order valence-electron chi connectivity index (χ1n) is 6.82. The van der Waals surface area contributed by atoms with E-state index >= 15 is 0 Å². The van der Waals surface area contributed by atoms with E-state index in [1.54, 1.807) is 19.2 Å². The standard InChI is InChI=1S/C15H23N3O4/c1-10(9-20-2)18-15(16)17-8-11-5-6-13(21-3)12(7-11)14(19)22-4/h5-7,10H,8-9H2,1-4H3,(H3,16,17,18). The smallest absolute Gasteiger partial charge is 0.341 e. The normalized spacial score (nSPS) is 12.6. The van der Waals surface area contributed by atoms with Crippen LogP contribution >= 0.6 is 0 Å². The van der Waals surface area contributed by atoms with E-state index in [2.05, 4.69) is 10.3 Å². The van der Waals surface area contributed by atoms with Gasteiger partial charge in [-0.2, -0.15) is 0 Å². The number of carbonyl (C=O) groups excluding carboxylic acids is 1. The van der Waals surface area contributed by atoms with Crippen LogP contribution in [0.1, 0.15) is 22.8 Å². The van der Waals surface area contributed by atoms with Crippen LogP contribution in [0.5, 0.6) is 5.75 Å². The first-order valence-corrected chi connectivity index (χ1v) is 6.82. The van der Waals surface area contributed by atoms with Crippen molar-refractivity contribution in [3.05, 3.63) is 29.3 Å². The molecule has 7 heteroatoms. The quantitative estimate of drug-likeness (QED) is 0.442. The summed E-state index contributed by atoms with van der Waals surface area (Å²) < 4.78 is 14.9. The highest BCUT2D eigenvalue weighted by molar-refractivity contribution is 5.92. The number of hydrogen-bond donors (Lipinski definition) is 2. The minimum Gasteiger partial charge on any atom is -0.496 e. The average Bonchev–Trinajstić information content (AvgIpc) is 2.52. The van der Waals surface area contributed by atoms with E-state index in [0.29, 0.717) is 30.4 Å². The van der Waals surface area contributed by atoms with Crippen molar-refractivity contribution in [2.24, 2.45) is 10.7 Å². The topological polar surface area (TPSA) is 95.2 Å². The maximum Gasteiger partial charge on any atom is 0.341 e. The molecule has 0 aliphatic carbocycles. The summed E-state index contributed by atoms with van der Waals surface area (Å²) in [5.41, 5.74) is 6.98. The molecule has 0 aliphatic heterocycles. The van der Waals surface area contributed by atoms with Crippen LogP contribution in [0.4, 0.5) is 0 Å². The number of methoxy groups -OCH3 is 3. The second-order valence-electron chi connectivity index (χ2n) is 4.73. The Labute approximate surface area is 130 Å². The van der Waals surface area contributed by atoms with E-state index in [-0.39, 0.29) is 6.04 Å². The highest BCUT2D eigenvalue weighted by atomic mass is 16.5. The van der Waals surface area contributed by atoms with Gasteiger partial charge in [0.1, 0.15) is 11.3 Å². The fraction of sp³-hybridized carbons (Fsp3) is 0.467. The second kappa shape index (κ2) is 8.89. The summed E-state index contributed by atoms with van der Waals surface area (Å²) in [5, 5.41) is 3.01. The molecule has 0 heterocycles. The molecular weight excluding hydrogens is 286 g/mol. The van der Waals surface area contributed by atoms with Gasteiger partial charge < -0.3 is 25.3 Å². The van der Waals surface area contributed by atoms with Gasteiger partial charge in [-0.3, -0.25) is 0 Å². The molecular formula is C15H23N3O4. The molecule has 1 aromatic rings. The van der Waals surface area contributed by atoms with E-state index in [1.165, 1.54) is 14.2 Å². The number of rotatable bonds is 7. The van der Waals surface area contributed by atoms with E-state index < -0.39 is 5.97 Å². The molecule has 0 amide bonds. The van der Waals surface area contributed by atoms with Gasteiger partial charge in [0.05, 0.1) is 27.4 Å². The summed E-state index contributed by atoms with van der Waals surface area (Å²) in [6.07, 6.45) is 0. The van der Waals surface area contributed by atoms with E-state index in [4.69, 9.17) is 19.9 Å². The number of benzene rings is 1. The minimum absolute atomic E-state index is 0.0650. The van der Waals surface area contributed by atoms with Crippen LogP contribution in [-0.4, -0.2) is 45.9 Å². The molecule has 0 radical (unpaired) electrons. The van der Waals surface area contributed by atoms with Crippen LogP contribution in [0.2, 0.25) is 0 Å². The summed E-state index contributed by atoms with van der Waals surface area (Å²) in [6.45, 7) is 2.81. The van der Waals surface area contributed by atoms with E-state index in [9.17, 15) is 4.79 Å². The summed E-state index contributed by atoms with van der Waals surface area (Å²) in [7, 11) is 4.45. The van der Waals surface area contributed by atoms with Crippen LogP contribution < -0.4 is 15.8 Å². The number of ether oxygens (including phenoxy) is 3. The monoisotopic (exact) mass is 309 g/mol. The number of nitrogens with two attached hydrogens (primary N) is 1. The van der Waals surface area contributed by atoms with Gasteiger partial charge in [0, 0.05) is 13.2 Å². The Morgan fingerprint density at radius 2 is 2.09 bits per heavy atom. The molecule has 7 nitrogen and oxygen atoms in total. The fourth-order valence-corrected chi connectivity index (χ4v) is 1.89. The highest BCUT2D eigenvalue weighted by Gasteiger charge is 2.13. The second-order valence-corrected chi connectivity index (χ2v) is 4.73. The van der Waals surface area contributed by atoms with Crippen LogP contribution in [0, 0.1) is 0 Å². The number of nitrogens with zero attached hydrogens (tertiary/aromatic N) is 1. The Balaban J connectivity index is 2.79. The molecule has 1 rings (SSSR count). The average molecular weight is 309 g/mol. The van der Waals surface area contributed by atoms with Gasteiger partial charge in [-0.05, 0) is 24.6 Å². The molecule has 0 bridgehead atoms.